The van der Waals surface area contributed by atoms with Gasteiger partial charge in [0.2, 0.25) is 0 Å². The fourth-order valence-electron chi connectivity index (χ4n) is 1.50. The van der Waals surface area contributed by atoms with Crippen molar-refractivity contribution in [2.45, 2.75) is 20.3 Å². The molecule has 0 aromatic carbocycles. The lowest BCUT2D eigenvalue weighted by Gasteiger charge is -2.07. The minimum Gasteiger partial charge on any atom is -0.368 e. The lowest BCUT2D eigenvalue weighted by molar-refractivity contribution is 0.741. The van der Waals surface area contributed by atoms with Crippen molar-refractivity contribution in [2.24, 2.45) is 7.05 Å². The molecular weight excluding hydrogens is 216 g/mol. The van der Waals surface area contributed by atoms with E-state index in [0.29, 0.717) is 0 Å². The van der Waals surface area contributed by atoms with Gasteiger partial charge in [0.25, 0.3) is 0 Å². The third-order valence-electron chi connectivity index (χ3n) is 2.36. The normalized spacial score (nSPS) is 10.5. The first-order valence-electron chi connectivity index (χ1n) is 5.54. The summed E-state index contributed by atoms with van der Waals surface area (Å²) >= 11 is 0. The molecule has 2 aromatic heterocycles. The van der Waals surface area contributed by atoms with E-state index in [9.17, 15) is 0 Å². The number of nitrogens with zero attached hydrogens (tertiary/aromatic N) is 5. The molecule has 2 aromatic rings. The van der Waals surface area contributed by atoms with Gasteiger partial charge in [0, 0.05) is 26.2 Å². The maximum Gasteiger partial charge on any atom is 0.152 e. The predicted molar refractivity (Wildman–Crippen MR) is 64.7 cm³/mol. The Balaban J connectivity index is 1.91. The third-order valence-corrected chi connectivity index (χ3v) is 2.36. The summed E-state index contributed by atoms with van der Waals surface area (Å²) in [5.41, 5.74) is 1.82. The Labute approximate surface area is 100 Å². The Morgan fingerprint density at radius 1 is 1.29 bits per heavy atom. The van der Waals surface area contributed by atoms with Gasteiger partial charge in [-0.25, -0.2) is 9.97 Å². The van der Waals surface area contributed by atoms with Crippen molar-refractivity contribution in [3.8, 4) is 0 Å². The van der Waals surface area contributed by atoms with Crippen LogP contribution in [0, 0.1) is 13.8 Å². The first-order valence-corrected chi connectivity index (χ1v) is 5.54. The molecule has 6 heteroatoms. The van der Waals surface area contributed by atoms with Gasteiger partial charge in [-0.1, -0.05) is 0 Å². The number of nitrogens with one attached hydrogen (secondary N) is 1. The van der Waals surface area contributed by atoms with Crippen LogP contribution in [0.25, 0.3) is 0 Å². The molecule has 17 heavy (non-hydrogen) atoms. The largest absolute Gasteiger partial charge is 0.368 e. The van der Waals surface area contributed by atoms with Crippen molar-refractivity contribution >= 4 is 5.82 Å². The maximum atomic E-state index is 4.39. The number of hydrogen-bond acceptors (Lipinski definition) is 5. The molecule has 0 radical (unpaired) electrons. The van der Waals surface area contributed by atoms with Gasteiger partial charge in [-0.3, -0.25) is 9.67 Å². The van der Waals surface area contributed by atoms with Crippen LogP contribution in [0.3, 0.4) is 0 Å². The Morgan fingerprint density at radius 3 is 2.82 bits per heavy atom. The highest BCUT2D eigenvalue weighted by Gasteiger charge is 2.02. The fraction of sp³-hybridized carbons (Fsp3) is 0.455. The molecule has 0 saturated heterocycles. The van der Waals surface area contributed by atoms with Crippen molar-refractivity contribution in [1.29, 1.82) is 0 Å². The Kier molecular flexibility index (Phi) is 3.32. The maximum absolute atomic E-state index is 4.39. The van der Waals surface area contributed by atoms with Gasteiger partial charge in [-0.15, -0.1) is 0 Å². The molecule has 0 atom stereocenters. The van der Waals surface area contributed by atoms with Gasteiger partial charge in [0.1, 0.15) is 12.1 Å². The summed E-state index contributed by atoms with van der Waals surface area (Å²) < 4.78 is 1.70. The van der Waals surface area contributed by atoms with E-state index in [-0.39, 0.29) is 0 Å². The van der Waals surface area contributed by atoms with Gasteiger partial charge in [-0.05, 0) is 13.8 Å². The zero-order chi connectivity index (χ0) is 12.3. The highest BCUT2D eigenvalue weighted by Crippen LogP contribution is 2.08. The Morgan fingerprint density at radius 2 is 2.12 bits per heavy atom. The molecule has 0 spiro atoms. The van der Waals surface area contributed by atoms with Crippen LogP contribution in [-0.4, -0.2) is 31.3 Å². The zero-order valence-corrected chi connectivity index (χ0v) is 10.3. The lowest BCUT2D eigenvalue weighted by Crippen LogP contribution is -2.10. The molecule has 1 N–H and O–H groups in total. The summed E-state index contributed by atoms with van der Waals surface area (Å²) in [6, 6.07) is 0. The van der Waals surface area contributed by atoms with Crippen molar-refractivity contribution in [1.82, 2.24) is 24.7 Å². The molecule has 6 nitrogen and oxygen atoms in total. The number of anilines is 1. The molecule has 0 saturated carbocycles. The second-order valence-corrected chi connectivity index (χ2v) is 3.96. The monoisotopic (exact) mass is 232 g/mol. The molecule has 0 aliphatic rings. The molecule has 0 unspecified atom stereocenters. The Bertz CT molecular complexity index is 504. The molecule has 0 aliphatic carbocycles. The number of hydrogen-bond donors (Lipinski definition) is 1. The van der Waals surface area contributed by atoms with Gasteiger partial charge in [0.05, 0.1) is 11.4 Å². The SMILES string of the molecule is Cc1cnc(C)c(NCCc2ncn(C)n2)n1. The highest BCUT2D eigenvalue weighted by atomic mass is 15.3. The minimum absolute atomic E-state index is 0.753. The zero-order valence-electron chi connectivity index (χ0n) is 10.3. The first-order chi connectivity index (χ1) is 8.15. The first kappa shape index (κ1) is 11.5. The van der Waals surface area contributed by atoms with Crippen molar-refractivity contribution < 1.29 is 0 Å². The highest BCUT2D eigenvalue weighted by molar-refractivity contribution is 5.39. The van der Waals surface area contributed by atoms with E-state index in [1.165, 1.54) is 0 Å². The van der Waals surface area contributed by atoms with E-state index in [2.05, 4.69) is 25.4 Å². The molecule has 0 fully saturated rings. The average molecular weight is 232 g/mol. The second kappa shape index (κ2) is 4.90. The van der Waals surface area contributed by atoms with Gasteiger partial charge < -0.3 is 5.32 Å². The summed E-state index contributed by atoms with van der Waals surface area (Å²) in [5.74, 6) is 1.67. The van der Waals surface area contributed by atoms with E-state index in [1.807, 2.05) is 20.9 Å². The van der Waals surface area contributed by atoms with Crippen LogP contribution in [0.1, 0.15) is 17.2 Å². The smallest absolute Gasteiger partial charge is 0.152 e. The molecule has 0 aliphatic heterocycles. The molecule has 0 amide bonds. The number of aryl methyl sites for hydroxylation is 3. The topological polar surface area (TPSA) is 68.5 Å². The van der Waals surface area contributed by atoms with Crippen molar-refractivity contribution in [3.05, 3.63) is 29.7 Å². The average Bonchev–Trinajstić information content (AvgIpc) is 2.69. The number of rotatable bonds is 4. The van der Waals surface area contributed by atoms with Crippen molar-refractivity contribution in [3.63, 3.8) is 0 Å². The molecule has 90 valence electrons. The van der Waals surface area contributed by atoms with E-state index in [1.54, 1.807) is 17.2 Å². The van der Waals surface area contributed by atoms with E-state index >= 15 is 0 Å². The Hall–Kier alpha value is -1.98. The van der Waals surface area contributed by atoms with Crippen LogP contribution in [0.2, 0.25) is 0 Å². The van der Waals surface area contributed by atoms with E-state index in [0.717, 1.165) is 36.0 Å². The second-order valence-electron chi connectivity index (χ2n) is 3.96. The predicted octanol–water partition coefficient (Wildman–Crippen LogP) is 0.877. The summed E-state index contributed by atoms with van der Waals surface area (Å²) in [6.45, 7) is 4.62. The van der Waals surface area contributed by atoms with Crippen LogP contribution >= 0.6 is 0 Å². The van der Waals surface area contributed by atoms with Gasteiger partial charge in [0.15, 0.2) is 5.82 Å². The van der Waals surface area contributed by atoms with E-state index < -0.39 is 0 Å². The van der Waals surface area contributed by atoms with Gasteiger partial charge >= 0.3 is 0 Å². The molecule has 2 rings (SSSR count). The van der Waals surface area contributed by atoms with Crippen LogP contribution in [0.15, 0.2) is 12.5 Å². The minimum atomic E-state index is 0.753. The summed E-state index contributed by atoms with van der Waals surface area (Å²) in [7, 11) is 1.86. The van der Waals surface area contributed by atoms with E-state index in [4.69, 9.17) is 0 Å². The van der Waals surface area contributed by atoms with Crippen LogP contribution < -0.4 is 5.32 Å². The summed E-state index contributed by atoms with van der Waals surface area (Å²) in [4.78, 5) is 12.8. The standard InChI is InChI=1S/C11H16N6/c1-8-6-13-9(2)11(15-8)12-5-4-10-14-7-17(3)16-10/h6-7H,4-5H2,1-3H3,(H,12,15). The van der Waals surface area contributed by atoms with Gasteiger partial charge in [-0.2, -0.15) is 5.10 Å². The summed E-state index contributed by atoms with van der Waals surface area (Å²) in [6.07, 6.45) is 4.24. The molecule has 0 bridgehead atoms. The fourth-order valence-corrected chi connectivity index (χ4v) is 1.50. The van der Waals surface area contributed by atoms with Crippen LogP contribution in [0.4, 0.5) is 5.82 Å². The third kappa shape index (κ3) is 2.99. The molecular formula is C11H16N6. The lowest BCUT2D eigenvalue weighted by atomic mass is 10.3. The van der Waals surface area contributed by atoms with Crippen molar-refractivity contribution in [2.75, 3.05) is 11.9 Å². The number of aromatic nitrogens is 5. The summed E-state index contributed by atoms with van der Waals surface area (Å²) in [5, 5.41) is 7.46. The quantitative estimate of drug-likeness (QED) is 0.847. The van der Waals surface area contributed by atoms with Crippen LogP contribution in [0.5, 0.6) is 0 Å². The van der Waals surface area contributed by atoms with Crippen LogP contribution in [-0.2, 0) is 13.5 Å². The molecule has 2 heterocycles.